The zero-order chi connectivity index (χ0) is 10.9. The molecule has 0 atom stereocenters. The number of hydrogen-bond donors (Lipinski definition) is 4. The van der Waals surface area contributed by atoms with E-state index in [-0.39, 0.29) is 0 Å². The Morgan fingerprint density at radius 1 is 1.07 bits per heavy atom. The second-order valence-corrected chi connectivity index (χ2v) is 2.64. The quantitative estimate of drug-likeness (QED) is 0.353. The lowest BCUT2D eigenvalue weighted by molar-refractivity contribution is -0.0451. The molecule has 0 fully saturated rings. The first-order chi connectivity index (χ1) is 6.43. The van der Waals surface area contributed by atoms with Gasteiger partial charge in [0, 0.05) is 11.0 Å². The van der Waals surface area contributed by atoms with Crippen LogP contribution in [0.4, 0.5) is 8.78 Å². The van der Waals surface area contributed by atoms with Gasteiger partial charge in [-0.25, -0.2) is 8.78 Å². The molecule has 1 aromatic carbocycles. The Kier molecular flexibility index (Phi) is 3.17. The molecule has 4 nitrogen and oxygen atoms in total. The Bertz CT molecular complexity index is 309. The van der Waals surface area contributed by atoms with Crippen LogP contribution in [0.3, 0.4) is 0 Å². The highest BCUT2D eigenvalue weighted by atomic mass is 19.1. The molecule has 0 amide bonds. The van der Waals surface area contributed by atoms with Gasteiger partial charge in [-0.2, -0.15) is 0 Å². The minimum atomic E-state index is -2.14. The molecule has 0 aromatic heterocycles. The maximum absolute atomic E-state index is 12.9. The van der Waals surface area contributed by atoms with Crippen LogP contribution in [0.25, 0.3) is 0 Å². The minimum Gasteiger partial charge on any atom is -0.423 e. The van der Waals surface area contributed by atoms with Crippen LogP contribution in [0, 0.1) is 11.6 Å². The number of aliphatic hydroxyl groups is 2. The summed E-state index contributed by atoms with van der Waals surface area (Å²) in [6.07, 6.45) is -2.14. The van der Waals surface area contributed by atoms with Gasteiger partial charge in [0.15, 0.2) is 6.29 Å². The third kappa shape index (κ3) is 2.07. The van der Waals surface area contributed by atoms with Crippen LogP contribution in [0.15, 0.2) is 12.1 Å². The third-order valence-electron chi connectivity index (χ3n) is 1.67. The maximum Gasteiger partial charge on any atom is 0.491 e. The van der Waals surface area contributed by atoms with E-state index in [0.29, 0.717) is 12.1 Å². The highest BCUT2D eigenvalue weighted by Crippen LogP contribution is 2.14. The average molecular weight is 204 g/mol. The molecule has 0 spiro atoms. The van der Waals surface area contributed by atoms with E-state index in [4.69, 9.17) is 20.3 Å². The van der Waals surface area contributed by atoms with Crippen molar-refractivity contribution in [1.29, 1.82) is 0 Å². The molecule has 0 unspecified atom stereocenters. The molecule has 76 valence electrons. The fourth-order valence-electron chi connectivity index (χ4n) is 0.973. The van der Waals surface area contributed by atoms with E-state index in [0.717, 1.165) is 0 Å². The molecule has 0 aliphatic carbocycles. The van der Waals surface area contributed by atoms with Crippen LogP contribution >= 0.6 is 0 Å². The highest BCUT2D eigenvalue weighted by Gasteiger charge is 2.21. The number of benzene rings is 1. The van der Waals surface area contributed by atoms with Gasteiger partial charge >= 0.3 is 7.12 Å². The van der Waals surface area contributed by atoms with Gasteiger partial charge in [-0.1, -0.05) is 0 Å². The average Bonchev–Trinajstić information content (AvgIpc) is 2.07. The number of hydrogen-bond acceptors (Lipinski definition) is 4. The Morgan fingerprint density at radius 2 is 1.64 bits per heavy atom. The fraction of sp³-hybridized carbons (Fsp3) is 0.143. The van der Waals surface area contributed by atoms with E-state index in [1.165, 1.54) is 0 Å². The summed E-state index contributed by atoms with van der Waals surface area (Å²) in [5, 5.41) is 34.3. The summed E-state index contributed by atoms with van der Waals surface area (Å²) in [7, 11) is -2.14. The van der Waals surface area contributed by atoms with Crippen molar-refractivity contribution < 1.29 is 29.0 Å². The van der Waals surface area contributed by atoms with Crippen molar-refractivity contribution in [3.63, 3.8) is 0 Å². The van der Waals surface area contributed by atoms with Crippen LogP contribution in [0.5, 0.6) is 0 Å². The molecule has 1 aromatic rings. The molecule has 0 saturated carbocycles. The van der Waals surface area contributed by atoms with Gasteiger partial charge in [-0.05, 0) is 12.1 Å². The lowest BCUT2D eigenvalue weighted by Crippen LogP contribution is -2.33. The molecule has 1 rings (SSSR count). The van der Waals surface area contributed by atoms with Gasteiger partial charge in [0.2, 0.25) is 0 Å². The number of halogens is 2. The highest BCUT2D eigenvalue weighted by molar-refractivity contribution is 6.58. The summed E-state index contributed by atoms with van der Waals surface area (Å²) >= 11 is 0. The van der Waals surface area contributed by atoms with Crippen molar-refractivity contribution in [3.05, 3.63) is 29.3 Å². The van der Waals surface area contributed by atoms with Gasteiger partial charge in [-0.3, -0.25) is 0 Å². The predicted molar refractivity (Wildman–Crippen MR) is 43.4 cm³/mol. The van der Waals surface area contributed by atoms with E-state index >= 15 is 0 Å². The van der Waals surface area contributed by atoms with Crippen molar-refractivity contribution in [2.24, 2.45) is 0 Å². The summed E-state index contributed by atoms with van der Waals surface area (Å²) in [5.41, 5.74) is -1.32. The van der Waals surface area contributed by atoms with E-state index in [1.807, 2.05) is 0 Å². The van der Waals surface area contributed by atoms with Crippen molar-refractivity contribution in [1.82, 2.24) is 0 Å². The summed E-state index contributed by atoms with van der Waals surface area (Å²) < 4.78 is 25.9. The third-order valence-corrected chi connectivity index (χ3v) is 1.67. The minimum absolute atomic E-state index is 0.495. The lowest BCUT2D eigenvalue weighted by atomic mass is 9.79. The molecule has 0 heterocycles. The largest absolute Gasteiger partial charge is 0.491 e. The van der Waals surface area contributed by atoms with Gasteiger partial charge in [0.25, 0.3) is 0 Å². The van der Waals surface area contributed by atoms with Crippen LogP contribution in [0.1, 0.15) is 11.9 Å². The van der Waals surface area contributed by atoms with Crippen molar-refractivity contribution in [2.45, 2.75) is 6.29 Å². The van der Waals surface area contributed by atoms with E-state index < -0.39 is 36.1 Å². The molecule has 4 N–H and O–H groups in total. The molecular formula is C7H7BF2O4. The Morgan fingerprint density at radius 3 is 2.07 bits per heavy atom. The summed E-state index contributed by atoms with van der Waals surface area (Å²) in [4.78, 5) is 0. The monoisotopic (exact) mass is 204 g/mol. The Balaban J connectivity index is 3.24. The molecule has 0 saturated heterocycles. The SMILES string of the molecule is OB(O)c1cc(F)c(C(O)O)cc1F. The second kappa shape index (κ2) is 4.01. The van der Waals surface area contributed by atoms with Crippen molar-refractivity contribution in [2.75, 3.05) is 0 Å². The van der Waals surface area contributed by atoms with Gasteiger partial charge < -0.3 is 20.3 Å². The summed E-state index contributed by atoms with van der Waals surface area (Å²) in [5.74, 6) is -2.24. The smallest absolute Gasteiger partial charge is 0.423 e. The Labute approximate surface area is 78.2 Å². The Hall–Kier alpha value is -1.02. The molecule has 7 heteroatoms. The molecule has 0 aliphatic heterocycles. The van der Waals surface area contributed by atoms with Crippen LogP contribution in [0.2, 0.25) is 0 Å². The standard InChI is InChI=1S/C7H7BF2O4/c9-5-2-4(8(13)14)6(10)1-3(5)7(11)12/h1-2,7,11-14H. The normalized spacial score (nSPS) is 10.8. The predicted octanol–water partition coefficient (Wildman–Crippen LogP) is -1.37. The zero-order valence-electron chi connectivity index (χ0n) is 6.85. The zero-order valence-corrected chi connectivity index (χ0v) is 6.85. The first kappa shape index (κ1) is 11.1. The van der Waals surface area contributed by atoms with Gasteiger partial charge in [-0.15, -0.1) is 0 Å². The number of rotatable bonds is 2. The summed E-state index contributed by atoms with van der Waals surface area (Å²) in [6.45, 7) is 0. The van der Waals surface area contributed by atoms with Crippen molar-refractivity contribution in [3.8, 4) is 0 Å². The topological polar surface area (TPSA) is 80.9 Å². The van der Waals surface area contributed by atoms with Gasteiger partial charge in [0.05, 0.1) is 0 Å². The molecule has 14 heavy (non-hydrogen) atoms. The number of aliphatic hydroxyl groups excluding tert-OH is 1. The molecule has 0 aliphatic rings. The van der Waals surface area contributed by atoms with Crippen LogP contribution in [-0.4, -0.2) is 27.4 Å². The summed E-state index contributed by atoms with van der Waals surface area (Å²) in [6, 6.07) is 0.990. The molecule has 0 radical (unpaired) electrons. The molecule has 0 bridgehead atoms. The van der Waals surface area contributed by atoms with E-state index in [1.54, 1.807) is 0 Å². The van der Waals surface area contributed by atoms with Gasteiger partial charge in [0.1, 0.15) is 11.6 Å². The first-order valence-corrected chi connectivity index (χ1v) is 3.64. The maximum atomic E-state index is 12.9. The lowest BCUT2D eigenvalue weighted by Gasteiger charge is -2.08. The van der Waals surface area contributed by atoms with E-state index in [2.05, 4.69) is 0 Å². The molecular weight excluding hydrogens is 197 g/mol. The first-order valence-electron chi connectivity index (χ1n) is 3.64. The van der Waals surface area contributed by atoms with Crippen LogP contribution < -0.4 is 5.46 Å². The van der Waals surface area contributed by atoms with Crippen LogP contribution in [-0.2, 0) is 0 Å². The second-order valence-electron chi connectivity index (χ2n) is 2.64. The van der Waals surface area contributed by atoms with E-state index in [9.17, 15) is 8.78 Å². The van der Waals surface area contributed by atoms with Crippen molar-refractivity contribution >= 4 is 12.6 Å². The fourth-order valence-corrected chi connectivity index (χ4v) is 0.973.